The highest BCUT2D eigenvalue weighted by atomic mass is 16.5. The predicted octanol–water partition coefficient (Wildman–Crippen LogP) is 2.68. The van der Waals surface area contributed by atoms with Crippen molar-refractivity contribution in [2.24, 2.45) is 7.05 Å². The minimum atomic E-state index is -0.123. The third-order valence-corrected chi connectivity index (χ3v) is 4.18. The number of fused-ring (bicyclic) bond motifs is 1. The average molecular weight is 326 g/mol. The smallest absolute Gasteiger partial charge is 0.193 e. The van der Waals surface area contributed by atoms with Crippen LogP contribution >= 0.6 is 0 Å². The third-order valence-electron chi connectivity index (χ3n) is 4.18. The first-order chi connectivity index (χ1) is 11.5. The normalized spacial score (nSPS) is 10.8. The van der Waals surface area contributed by atoms with Gasteiger partial charge in [0.25, 0.3) is 0 Å². The highest BCUT2D eigenvalue weighted by Gasteiger charge is 2.16. The highest BCUT2D eigenvalue weighted by Crippen LogP contribution is 2.32. The van der Waals surface area contributed by atoms with Crippen molar-refractivity contribution in [3.63, 3.8) is 0 Å². The fourth-order valence-corrected chi connectivity index (χ4v) is 2.86. The van der Waals surface area contributed by atoms with E-state index in [2.05, 4.69) is 0 Å². The number of nitrogens with zero attached hydrogens (tertiary/aromatic N) is 1. The zero-order chi connectivity index (χ0) is 17.3. The Morgan fingerprint density at radius 2 is 1.62 bits per heavy atom. The van der Waals surface area contributed by atoms with Crippen LogP contribution in [0.25, 0.3) is 10.8 Å². The van der Waals surface area contributed by atoms with Gasteiger partial charge in [-0.2, -0.15) is 0 Å². The summed E-state index contributed by atoms with van der Waals surface area (Å²) >= 11 is 0. The molecule has 2 N–H and O–H groups in total. The van der Waals surface area contributed by atoms with Gasteiger partial charge in [-0.25, -0.2) is 4.57 Å². The second-order valence-electron chi connectivity index (χ2n) is 5.67. The fraction of sp³-hybridized carbons (Fsp3) is 0.211. The molecule has 124 valence electrons. The summed E-state index contributed by atoms with van der Waals surface area (Å²) in [6.45, 7) is 0. The number of aromatic nitrogens is 1. The zero-order valence-electron chi connectivity index (χ0n) is 13.9. The van der Waals surface area contributed by atoms with Crippen molar-refractivity contribution in [1.82, 2.24) is 0 Å². The van der Waals surface area contributed by atoms with E-state index in [4.69, 9.17) is 9.47 Å². The Hall–Kier alpha value is -2.95. The van der Waals surface area contributed by atoms with Crippen molar-refractivity contribution in [2.45, 2.75) is 6.42 Å². The van der Waals surface area contributed by atoms with Gasteiger partial charge in [0.05, 0.1) is 26.0 Å². The minimum Gasteiger partial charge on any atom is -0.504 e. The molecule has 0 unspecified atom stereocenters. The molecule has 5 nitrogen and oxygen atoms in total. The largest absolute Gasteiger partial charge is 0.504 e. The number of phenols is 2. The van der Waals surface area contributed by atoms with Crippen molar-refractivity contribution < 1.29 is 24.3 Å². The van der Waals surface area contributed by atoms with E-state index in [1.54, 1.807) is 26.4 Å². The number of phenolic OH excluding ortho intramolecular Hbond substituents is 2. The van der Waals surface area contributed by atoms with Crippen LogP contribution in [0.4, 0.5) is 0 Å². The molecule has 0 saturated heterocycles. The Balaban J connectivity index is 2.10. The van der Waals surface area contributed by atoms with Crippen LogP contribution in [0, 0.1) is 0 Å². The molecular weight excluding hydrogens is 306 g/mol. The van der Waals surface area contributed by atoms with Gasteiger partial charge in [-0.3, -0.25) is 0 Å². The van der Waals surface area contributed by atoms with E-state index in [1.807, 2.05) is 42.1 Å². The molecule has 3 aromatic rings. The fourth-order valence-electron chi connectivity index (χ4n) is 2.86. The molecule has 2 aromatic carbocycles. The summed E-state index contributed by atoms with van der Waals surface area (Å²) in [5, 5.41) is 21.3. The van der Waals surface area contributed by atoms with Crippen LogP contribution in [0.5, 0.6) is 23.0 Å². The van der Waals surface area contributed by atoms with E-state index in [0.29, 0.717) is 17.9 Å². The Labute approximate surface area is 140 Å². The molecule has 0 bridgehead atoms. The Morgan fingerprint density at radius 1 is 0.917 bits per heavy atom. The van der Waals surface area contributed by atoms with E-state index < -0.39 is 0 Å². The van der Waals surface area contributed by atoms with E-state index in [9.17, 15) is 10.2 Å². The first-order valence-corrected chi connectivity index (χ1v) is 7.57. The molecule has 5 heteroatoms. The molecule has 0 atom stereocenters. The Morgan fingerprint density at radius 3 is 2.33 bits per heavy atom. The van der Waals surface area contributed by atoms with Crippen LogP contribution < -0.4 is 14.0 Å². The van der Waals surface area contributed by atoms with Gasteiger partial charge in [-0.05, 0) is 35.2 Å². The number of aromatic hydroxyl groups is 2. The second kappa shape index (κ2) is 6.28. The van der Waals surface area contributed by atoms with Crippen LogP contribution in [0.1, 0.15) is 11.3 Å². The van der Waals surface area contributed by atoms with Crippen molar-refractivity contribution in [2.75, 3.05) is 14.2 Å². The topological polar surface area (TPSA) is 62.8 Å². The maximum atomic E-state index is 9.85. The number of rotatable bonds is 4. The molecule has 0 spiro atoms. The number of pyridine rings is 1. The van der Waals surface area contributed by atoms with Crippen LogP contribution in [0.15, 0.2) is 42.6 Å². The summed E-state index contributed by atoms with van der Waals surface area (Å²) in [5.74, 6) is 1.13. The maximum Gasteiger partial charge on any atom is 0.193 e. The molecule has 1 heterocycles. The minimum absolute atomic E-state index is 0.117. The van der Waals surface area contributed by atoms with Crippen molar-refractivity contribution in [3.8, 4) is 23.0 Å². The van der Waals surface area contributed by atoms with Gasteiger partial charge in [0.1, 0.15) is 7.05 Å². The molecule has 0 saturated carbocycles. The SMILES string of the molecule is COc1ccc(Cc2c3cc(O)c(O)cc3cc[n+]2C)cc1OC. The quantitative estimate of drug-likeness (QED) is 0.571. The summed E-state index contributed by atoms with van der Waals surface area (Å²) in [6.07, 6.45) is 2.59. The molecule has 0 amide bonds. The summed E-state index contributed by atoms with van der Waals surface area (Å²) < 4.78 is 12.6. The first kappa shape index (κ1) is 15.9. The number of aryl methyl sites for hydroxylation is 1. The van der Waals surface area contributed by atoms with Gasteiger partial charge in [0.15, 0.2) is 34.9 Å². The summed E-state index contributed by atoms with van der Waals surface area (Å²) in [7, 11) is 5.18. The van der Waals surface area contributed by atoms with Crippen LogP contribution in [-0.4, -0.2) is 24.4 Å². The van der Waals surface area contributed by atoms with E-state index in [0.717, 1.165) is 22.0 Å². The molecule has 1 aromatic heterocycles. The van der Waals surface area contributed by atoms with E-state index in [-0.39, 0.29) is 11.5 Å². The Bertz CT molecular complexity index is 905. The number of hydrogen-bond acceptors (Lipinski definition) is 4. The maximum absolute atomic E-state index is 9.85. The molecule has 0 aliphatic rings. The lowest BCUT2D eigenvalue weighted by molar-refractivity contribution is -0.677. The number of methoxy groups -OCH3 is 2. The summed E-state index contributed by atoms with van der Waals surface area (Å²) in [4.78, 5) is 0. The standard InChI is InChI=1S/C19H19NO4/c1-20-7-6-13-10-16(21)17(22)11-14(13)15(20)8-12-4-5-18(23-2)19(9-12)24-3/h4-7,9-11,22H,8H2,1-3H3/p+1. The zero-order valence-corrected chi connectivity index (χ0v) is 13.9. The second-order valence-corrected chi connectivity index (χ2v) is 5.67. The van der Waals surface area contributed by atoms with Crippen molar-refractivity contribution in [3.05, 3.63) is 53.9 Å². The summed E-state index contributed by atoms with van der Waals surface area (Å²) in [5.41, 5.74) is 2.08. The number of hydrogen-bond donors (Lipinski definition) is 2. The molecule has 0 aliphatic heterocycles. The molecule has 24 heavy (non-hydrogen) atoms. The lowest BCUT2D eigenvalue weighted by Crippen LogP contribution is -2.33. The van der Waals surface area contributed by atoms with Gasteiger partial charge in [-0.1, -0.05) is 6.07 Å². The van der Waals surface area contributed by atoms with Crippen molar-refractivity contribution >= 4 is 10.8 Å². The highest BCUT2D eigenvalue weighted by molar-refractivity contribution is 5.87. The van der Waals surface area contributed by atoms with Crippen molar-refractivity contribution in [1.29, 1.82) is 0 Å². The number of benzene rings is 2. The van der Waals surface area contributed by atoms with E-state index >= 15 is 0 Å². The Kier molecular flexibility index (Phi) is 4.16. The lowest BCUT2D eigenvalue weighted by atomic mass is 10.0. The first-order valence-electron chi connectivity index (χ1n) is 7.57. The van der Waals surface area contributed by atoms with Crippen LogP contribution in [0.3, 0.4) is 0 Å². The molecule has 0 radical (unpaired) electrons. The number of ether oxygens (including phenoxy) is 2. The molecule has 0 fully saturated rings. The van der Waals surface area contributed by atoms with Gasteiger partial charge < -0.3 is 19.7 Å². The van der Waals surface area contributed by atoms with Gasteiger partial charge in [0, 0.05) is 6.07 Å². The van der Waals surface area contributed by atoms with Gasteiger partial charge >= 0.3 is 0 Å². The summed E-state index contributed by atoms with van der Waals surface area (Å²) in [6, 6.07) is 10.9. The monoisotopic (exact) mass is 326 g/mol. The van der Waals surface area contributed by atoms with E-state index in [1.165, 1.54) is 0 Å². The molecule has 3 rings (SSSR count). The molecule has 0 aliphatic carbocycles. The molecular formula is C19H20NO4+. The van der Waals surface area contributed by atoms with Crippen LogP contribution in [-0.2, 0) is 13.5 Å². The van der Waals surface area contributed by atoms with Gasteiger partial charge in [0.2, 0.25) is 0 Å². The lowest BCUT2D eigenvalue weighted by Gasteiger charge is -2.10. The third kappa shape index (κ3) is 2.80. The predicted molar refractivity (Wildman–Crippen MR) is 90.8 cm³/mol. The average Bonchev–Trinajstić information content (AvgIpc) is 2.59. The van der Waals surface area contributed by atoms with Gasteiger partial charge in [-0.15, -0.1) is 0 Å². The van der Waals surface area contributed by atoms with Crippen LogP contribution in [0.2, 0.25) is 0 Å².